The van der Waals surface area contributed by atoms with Gasteiger partial charge in [0, 0.05) is 17.0 Å². The van der Waals surface area contributed by atoms with Crippen LogP contribution in [0.4, 0.5) is 10.3 Å². The number of aromatic amines is 1. The van der Waals surface area contributed by atoms with E-state index >= 15 is 4.39 Å². The number of methoxy groups -OCH3 is 2. The molecule has 8 rings (SSSR count). The van der Waals surface area contributed by atoms with Crippen molar-refractivity contribution in [2.75, 3.05) is 45.9 Å². The highest BCUT2D eigenvalue weighted by Crippen LogP contribution is 2.51. The number of carbonyl (C=O) groups is 1. The number of rotatable bonds is 23. The molecule has 0 bridgehead atoms. The molecule has 22 nitrogen and oxygen atoms in total. The van der Waals surface area contributed by atoms with Crippen LogP contribution in [0.2, 0.25) is 0 Å². The maximum atomic E-state index is 16.4. The van der Waals surface area contributed by atoms with Gasteiger partial charge in [0.05, 0.1) is 40.0 Å². The van der Waals surface area contributed by atoms with Gasteiger partial charge < -0.3 is 41.9 Å². The number of alkyl halides is 1. The first-order valence-electron chi connectivity index (χ1n) is 22.2. The SMILES string of the molecule is [C-]#[N+]CCOP(=S)(OCCn1c(COC(c2ccccc2)(c2ccc(OC)cc2)c2ccc(OC)cc2)nc2cncnc21)OC[C@H]1O[C@@H](n2cnc3c(=O)[nH]c(NC(=O)C(C)C)nc32)[C@H](O[P+](=O)O)[C@@H]1F. The van der Waals surface area contributed by atoms with Gasteiger partial charge in [-0.3, -0.25) is 24.5 Å². The molecule has 1 fully saturated rings. The largest absolute Gasteiger partial charge is 0.695 e. The Morgan fingerprint density at radius 3 is 2.29 bits per heavy atom. The van der Waals surface area contributed by atoms with E-state index in [2.05, 4.69) is 35.1 Å². The van der Waals surface area contributed by atoms with Crippen LogP contribution in [0.15, 0.2) is 103 Å². The summed E-state index contributed by atoms with van der Waals surface area (Å²) in [6.45, 7) is 5.66. The second-order valence-corrected chi connectivity index (χ2v) is 19.9. The third kappa shape index (κ3) is 11.3. The van der Waals surface area contributed by atoms with Crippen molar-refractivity contribution < 1.29 is 55.7 Å². The van der Waals surface area contributed by atoms with E-state index in [0.717, 1.165) is 27.6 Å². The van der Waals surface area contributed by atoms with Crippen molar-refractivity contribution in [2.24, 2.45) is 5.92 Å². The lowest BCUT2D eigenvalue weighted by Crippen LogP contribution is -2.33. The smallest absolute Gasteiger partial charge is 0.497 e. The summed E-state index contributed by atoms with van der Waals surface area (Å²) in [5.41, 5.74) is 1.05. The van der Waals surface area contributed by atoms with Crippen molar-refractivity contribution in [3.8, 4) is 11.5 Å². The van der Waals surface area contributed by atoms with Crippen molar-refractivity contribution in [2.45, 2.75) is 57.2 Å². The van der Waals surface area contributed by atoms with Gasteiger partial charge in [0.15, 0.2) is 35.3 Å². The highest BCUT2D eigenvalue weighted by atomic mass is 32.5. The van der Waals surface area contributed by atoms with Crippen LogP contribution in [-0.2, 0) is 67.5 Å². The van der Waals surface area contributed by atoms with Gasteiger partial charge in [0.25, 0.3) is 5.56 Å². The Labute approximate surface area is 416 Å². The van der Waals surface area contributed by atoms with E-state index in [-0.39, 0.29) is 50.0 Å². The Morgan fingerprint density at radius 2 is 1.65 bits per heavy atom. The van der Waals surface area contributed by atoms with Crippen LogP contribution < -0.4 is 20.3 Å². The summed E-state index contributed by atoms with van der Waals surface area (Å²) in [5, 5.41) is 2.50. The number of amides is 1. The molecule has 1 saturated heterocycles. The summed E-state index contributed by atoms with van der Waals surface area (Å²) in [5.74, 6) is 0.623. The molecular weight excluding hydrogens is 998 g/mol. The number of imidazole rings is 2. The van der Waals surface area contributed by atoms with Crippen LogP contribution in [0.25, 0.3) is 27.2 Å². The maximum Gasteiger partial charge on any atom is 0.695 e. The van der Waals surface area contributed by atoms with E-state index in [1.165, 1.54) is 6.33 Å². The summed E-state index contributed by atoms with van der Waals surface area (Å²) in [4.78, 5) is 62.9. The van der Waals surface area contributed by atoms with Gasteiger partial charge in [0.1, 0.15) is 54.1 Å². The number of carbonyl (C=O) groups excluding carboxylic acids is 1. The summed E-state index contributed by atoms with van der Waals surface area (Å²) in [6, 6.07) is 24.9. The van der Waals surface area contributed by atoms with E-state index in [9.17, 15) is 19.0 Å². The molecule has 0 aliphatic carbocycles. The van der Waals surface area contributed by atoms with Gasteiger partial charge in [0.2, 0.25) is 18.4 Å². The van der Waals surface area contributed by atoms with Crippen LogP contribution >= 0.6 is 15.0 Å². The molecule has 0 radical (unpaired) electrons. The maximum absolute atomic E-state index is 16.4. The minimum absolute atomic E-state index is 0.0657. The van der Waals surface area contributed by atoms with Crippen molar-refractivity contribution >= 4 is 61.0 Å². The Bertz CT molecular complexity index is 3130. The summed E-state index contributed by atoms with van der Waals surface area (Å²) >= 11 is 5.82. The molecule has 72 heavy (non-hydrogen) atoms. The minimum atomic E-state index is -3.84. The molecule has 7 aromatic rings. The van der Waals surface area contributed by atoms with Crippen molar-refractivity contribution in [1.82, 2.24) is 39.0 Å². The quantitative estimate of drug-likeness (QED) is 0.0266. The molecule has 6 atom stereocenters. The predicted octanol–water partition coefficient (Wildman–Crippen LogP) is 6.54. The zero-order valence-electron chi connectivity index (χ0n) is 39.1. The van der Waals surface area contributed by atoms with Gasteiger partial charge >= 0.3 is 15.0 Å². The van der Waals surface area contributed by atoms with Gasteiger partial charge in [-0.15, -0.1) is 9.42 Å². The predicted molar refractivity (Wildman–Crippen MR) is 261 cm³/mol. The van der Waals surface area contributed by atoms with Gasteiger partial charge in [-0.1, -0.05) is 68.4 Å². The van der Waals surface area contributed by atoms with Crippen molar-refractivity contribution in [3.05, 3.63) is 142 Å². The molecule has 1 aliphatic heterocycles. The molecule has 376 valence electrons. The number of ether oxygens (including phenoxy) is 4. The third-order valence-electron chi connectivity index (χ3n) is 11.4. The van der Waals surface area contributed by atoms with Gasteiger partial charge in [-0.25, -0.2) is 30.9 Å². The van der Waals surface area contributed by atoms with E-state index in [1.807, 2.05) is 78.9 Å². The number of nitrogens with zero attached hydrogens (tertiary/aromatic N) is 8. The van der Waals surface area contributed by atoms with E-state index < -0.39 is 69.2 Å². The molecule has 0 spiro atoms. The zero-order valence-corrected chi connectivity index (χ0v) is 41.7. The number of aromatic nitrogens is 8. The first kappa shape index (κ1) is 51.9. The molecular formula is C46H48FN10O12P2S+. The molecule has 4 aromatic heterocycles. The molecule has 2 unspecified atom stereocenters. The van der Waals surface area contributed by atoms with E-state index in [4.69, 9.17) is 60.4 Å². The fourth-order valence-corrected chi connectivity index (χ4v) is 10.2. The third-order valence-corrected chi connectivity index (χ3v) is 14.3. The first-order valence-corrected chi connectivity index (χ1v) is 25.9. The number of hydrogen-bond donors (Lipinski definition) is 3. The minimum Gasteiger partial charge on any atom is -0.497 e. The lowest BCUT2D eigenvalue weighted by molar-refractivity contribution is -0.118. The Balaban J connectivity index is 1.05. The number of nitrogens with one attached hydrogen (secondary N) is 2. The Hall–Kier alpha value is -6.48. The Morgan fingerprint density at radius 1 is 0.986 bits per heavy atom. The topological polar surface area (TPSA) is 252 Å². The molecule has 26 heteroatoms. The molecule has 3 aromatic carbocycles. The second-order valence-electron chi connectivity index (χ2n) is 16.2. The van der Waals surface area contributed by atoms with E-state index in [0.29, 0.717) is 28.5 Å². The highest BCUT2D eigenvalue weighted by Gasteiger charge is 2.52. The highest BCUT2D eigenvalue weighted by molar-refractivity contribution is 8.07. The molecule has 5 heterocycles. The molecule has 1 aliphatic rings. The van der Waals surface area contributed by atoms with Gasteiger partial charge in [-0.2, -0.15) is 4.98 Å². The summed E-state index contributed by atoms with van der Waals surface area (Å²) < 4.78 is 78.8. The average molecular weight is 1050 g/mol. The fourth-order valence-electron chi connectivity index (χ4n) is 7.94. The summed E-state index contributed by atoms with van der Waals surface area (Å²) in [7, 11) is -0.194. The second kappa shape index (κ2) is 22.9. The number of hydrogen-bond acceptors (Lipinski definition) is 17. The molecule has 3 N–H and O–H groups in total. The van der Waals surface area contributed by atoms with Crippen LogP contribution in [0.5, 0.6) is 11.5 Å². The Kier molecular flexibility index (Phi) is 16.5. The molecule has 0 saturated carbocycles. The van der Waals surface area contributed by atoms with Crippen LogP contribution in [0, 0.1) is 12.5 Å². The van der Waals surface area contributed by atoms with E-state index in [1.54, 1.807) is 38.8 Å². The number of fused-ring (bicyclic) bond motifs is 2. The number of benzene rings is 3. The standard InChI is InChI=1S/C46H47FN10O12P2S/c1-28(2)42(58)54-45-53-41-38(43(59)55-45)51-27-57(41)44-39(69-70(60)61)37(47)35(68-44)24-67-71(72,65-21-19-48-3)66-22-20-56-36(52-34-23-49-26-50-40(34)56)25-64-46(29-9-7-6-8-10-29,30-11-15-32(62-4)16-12-30)31-13-17-33(63-5)18-14-31/h6-18,23,26-28,35,37,39,44H,19-22,24-25H2,1-2,4-5H3,(H2-,53,54,55,58,59,60,61)/p+1/t35-,37-,39-,44-,71?/m1/s1. The van der Waals surface area contributed by atoms with Crippen molar-refractivity contribution in [3.63, 3.8) is 0 Å². The zero-order chi connectivity index (χ0) is 51.0. The van der Waals surface area contributed by atoms with Crippen molar-refractivity contribution in [1.29, 1.82) is 0 Å². The summed E-state index contributed by atoms with van der Waals surface area (Å²) in [6.07, 6.45) is -2.87. The number of anilines is 1. The monoisotopic (exact) mass is 1050 g/mol. The lowest BCUT2D eigenvalue weighted by atomic mass is 9.80. The van der Waals surface area contributed by atoms with Crippen LogP contribution in [-0.4, -0.2) is 109 Å². The molecule has 1 amide bonds. The van der Waals surface area contributed by atoms with Crippen LogP contribution in [0.1, 0.15) is 42.6 Å². The lowest BCUT2D eigenvalue weighted by Gasteiger charge is -2.36. The van der Waals surface area contributed by atoms with Gasteiger partial charge in [-0.05, 0) is 52.8 Å². The fraction of sp³-hybridized carbons (Fsp3) is 0.348. The average Bonchev–Trinajstić information content (AvgIpc) is 4.06. The number of halogens is 1. The van der Waals surface area contributed by atoms with Crippen LogP contribution in [0.3, 0.4) is 0 Å². The normalized spacial score (nSPS) is 18.0. The first-order chi connectivity index (χ1) is 34.8. The number of H-pyrrole nitrogens is 1.